The lowest BCUT2D eigenvalue weighted by Crippen LogP contribution is -2.19. The van der Waals surface area contributed by atoms with Crippen LogP contribution < -0.4 is 4.84 Å². The zero-order valence-electron chi connectivity index (χ0n) is 14.9. The molecule has 0 bridgehead atoms. The molecule has 0 spiro atoms. The Morgan fingerprint density at radius 2 is 1.44 bits per heavy atom. The van der Waals surface area contributed by atoms with Crippen molar-refractivity contribution in [3.8, 4) is 0 Å². The fraction of sp³-hybridized carbons (Fsp3) is 0.222. The highest BCUT2D eigenvalue weighted by molar-refractivity contribution is 5.88. The summed E-state index contributed by atoms with van der Waals surface area (Å²) in [5.74, 6) is -0.366. The maximum absolute atomic E-state index is 11.3. The molecule has 0 unspecified atom stereocenters. The Balaban J connectivity index is 0.000000156. The summed E-state index contributed by atoms with van der Waals surface area (Å²) in [6.45, 7) is 3.53. The lowest BCUT2D eigenvalue weighted by molar-refractivity contribution is -0.145. The smallest absolute Gasteiger partial charge is 0.317 e. The quantitative estimate of drug-likeness (QED) is 0.512. The summed E-state index contributed by atoms with van der Waals surface area (Å²) in [6.07, 6.45) is 0.752. The van der Waals surface area contributed by atoms with E-state index in [2.05, 4.69) is 20.6 Å². The molecule has 0 aliphatic heterocycles. The summed E-state index contributed by atoms with van der Waals surface area (Å²) in [5, 5.41) is 15.2. The maximum atomic E-state index is 11.3. The fourth-order valence-corrected chi connectivity index (χ4v) is 2.28. The first-order valence-corrected chi connectivity index (χ1v) is 8.49. The van der Waals surface area contributed by atoms with Gasteiger partial charge in [-0.2, -0.15) is 4.68 Å². The van der Waals surface area contributed by atoms with Gasteiger partial charge in [-0.05, 0) is 29.5 Å². The molecular formula is C18H18N6O3. The molecule has 0 saturated heterocycles. The molecule has 4 aromatic rings. The molecule has 0 atom stereocenters. The summed E-state index contributed by atoms with van der Waals surface area (Å²) in [6, 6.07) is 14.7. The molecule has 0 radical (unpaired) electrons. The van der Waals surface area contributed by atoms with E-state index in [-0.39, 0.29) is 11.9 Å². The van der Waals surface area contributed by atoms with Gasteiger partial charge >= 0.3 is 5.97 Å². The molecule has 27 heavy (non-hydrogen) atoms. The number of hydrogen-bond acceptors (Lipinski definition) is 7. The molecule has 2 aromatic carbocycles. The van der Waals surface area contributed by atoms with Crippen LogP contribution in [0, 0.1) is 0 Å². The van der Waals surface area contributed by atoms with Crippen LogP contribution in [-0.2, 0) is 4.79 Å². The largest absolute Gasteiger partial charge is 0.334 e. The van der Waals surface area contributed by atoms with E-state index in [1.54, 1.807) is 26.0 Å². The van der Waals surface area contributed by atoms with Crippen LogP contribution in [0.25, 0.3) is 22.1 Å². The van der Waals surface area contributed by atoms with Gasteiger partial charge in [-0.3, -0.25) is 4.79 Å². The van der Waals surface area contributed by atoms with Crippen LogP contribution in [0.1, 0.15) is 31.5 Å². The molecule has 2 aromatic heterocycles. The third-order valence-electron chi connectivity index (χ3n) is 3.69. The highest BCUT2D eigenvalue weighted by Gasteiger charge is 2.08. The lowest BCUT2D eigenvalue weighted by Gasteiger charge is -1.99. The Labute approximate surface area is 154 Å². The summed E-state index contributed by atoms with van der Waals surface area (Å²) in [4.78, 5) is 28.4. The van der Waals surface area contributed by atoms with Gasteiger partial charge in [0.25, 0.3) is 0 Å². The number of benzene rings is 2. The number of hydrogen-bond donors (Lipinski definition) is 0. The zero-order valence-corrected chi connectivity index (χ0v) is 14.9. The van der Waals surface area contributed by atoms with Crippen molar-refractivity contribution in [2.24, 2.45) is 0 Å². The summed E-state index contributed by atoms with van der Waals surface area (Å²) in [7, 11) is 0. The Hall–Kier alpha value is -3.62. The van der Waals surface area contributed by atoms with E-state index in [9.17, 15) is 9.59 Å². The third-order valence-corrected chi connectivity index (χ3v) is 3.69. The topological polar surface area (TPSA) is 105 Å². The number of fused-ring (bicyclic) bond motifs is 2. The Morgan fingerprint density at radius 1 is 0.852 bits per heavy atom. The van der Waals surface area contributed by atoms with Crippen LogP contribution in [0.3, 0.4) is 0 Å². The summed E-state index contributed by atoms with van der Waals surface area (Å²) < 4.78 is 1.34. The molecule has 9 heteroatoms. The third kappa shape index (κ3) is 3.97. The lowest BCUT2D eigenvalue weighted by atomic mass is 10.3. The molecule has 0 aliphatic carbocycles. The second kappa shape index (κ2) is 8.17. The van der Waals surface area contributed by atoms with Crippen LogP contribution in [-0.4, -0.2) is 42.0 Å². The van der Waals surface area contributed by atoms with Crippen molar-refractivity contribution in [1.29, 1.82) is 0 Å². The predicted octanol–water partition coefficient (Wildman–Crippen LogP) is 2.28. The highest BCUT2D eigenvalue weighted by Crippen LogP contribution is 2.10. The van der Waals surface area contributed by atoms with Crippen molar-refractivity contribution in [1.82, 2.24) is 30.2 Å². The molecular weight excluding hydrogens is 348 g/mol. The van der Waals surface area contributed by atoms with Gasteiger partial charge in [0.2, 0.25) is 5.91 Å². The van der Waals surface area contributed by atoms with Gasteiger partial charge in [-0.1, -0.05) is 48.2 Å². The van der Waals surface area contributed by atoms with Gasteiger partial charge in [-0.25, -0.2) is 4.79 Å². The monoisotopic (exact) mass is 366 g/mol. The van der Waals surface area contributed by atoms with Crippen LogP contribution in [0.2, 0.25) is 0 Å². The van der Waals surface area contributed by atoms with Gasteiger partial charge in [-0.15, -0.1) is 10.2 Å². The number of rotatable bonds is 3. The minimum Gasteiger partial charge on any atom is -0.317 e. The second-order valence-corrected chi connectivity index (χ2v) is 5.51. The van der Waals surface area contributed by atoms with Crippen LogP contribution in [0.4, 0.5) is 0 Å². The van der Waals surface area contributed by atoms with E-state index < -0.39 is 0 Å². The Kier molecular flexibility index (Phi) is 5.50. The average molecular weight is 366 g/mol. The van der Waals surface area contributed by atoms with Crippen molar-refractivity contribution in [2.75, 3.05) is 0 Å². The number of para-hydroxylation sites is 2. The number of carbonyl (C=O) groups is 2. The molecule has 4 rings (SSSR count). The maximum Gasteiger partial charge on any atom is 0.334 e. The van der Waals surface area contributed by atoms with Crippen LogP contribution in [0.5, 0.6) is 0 Å². The van der Waals surface area contributed by atoms with Crippen molar-refractivity contribution in [3.63, 3.8) is 0 Å². The van der Waals surface area contributed by atoms with E-state index >= 15 is 0 Å². The second-order valence-electron chi connectivity index (χ2n) is 5.51. The Morgan fingerprint density at radius 3 is 2.11 bits per heavy atom. The van der Waals surface area contributed by atoms with E-state index in [1.165, 1.54) is 4.68 Å². The van der Waals surface area contributed by atoms with Gasteiger partial charge in [0, 0.05) is 12.8 Å². The predicted molar refractivity (Wildman–Crippen MR) is 97.9 cm³/mol. The number of carbonyl (C=O) groups excluding carboxylic acids is 2. The zero-order chi connectivity index (χ0) is 19.2. The standard InChI is InChI=1S/C9H9N3O2.C9H9N3O/c1-2-9(13)14-12-8-6-4-3-5-7(8)10-11-12;1-2-9(13)12-8-6-4-3-5-7(8)10-11-12/h3-6H,2H2,1H3;3-6H,2H2,1H3. The summed E-state index contributed by atoms with van der Waals surface area (Å²) in [5.41, 5.74) is 2.92. The van der Waals surface area contributed by atoms with Gasteiger partial charge in [0.05, 0.1) is 5.52 Å². The average Bonchev–Trinajstić information content (AvgIpc) is 3.32. The van der Waals surface area contributed by atoms with Crippen molar-refractivity contribution < 1.29 is 14.4 Å². The van der Waals surface area contributed by atoms with Gasteiger partial charge in [0.1, 0.15) is 16.6 Å². The minimum absolute atomic E-state index is 0.0336. The van der Waals surface area contributed by atoms with E-state index in [1.807, 2.05) is 36.4 Å². The molecule has 0 fully saturated rings. The highest BCUT2D eigenvalue weighted by atomic mass is 16.7. The number of nitrogens with zero attached hydrogens (tertiary/aromatic N) is 6. The first-order valence-electron chi connectivity index (χ1n) is 8.49. The van der Waals surface area contributed by atoms with E-state index in [0.29, 0.717) is 23.9 Å². The fourth-order valence-electron chi connectivity index (χ4n) is 2.28. The molecule has 0 amide bonds. The van der Waals surface area contributed by atoms with E-state index in [4.69, 9.17) is 4.84 Å². The molecule has 0 N–H and O–H groups in total. The first kappa shape index (κ1) is 18.2. The van der Waals surface area contributed by atoms with Crippen LogP contribution in [0.15, 0.2) is 48.5 Å². The van der Waals surface area contributed by atoms with Crippen molar-refractivity contribution in [2.45, 2.75) is 26.7 Å². The molecule has 2 heterocycles. The Bertz CT molecular complexity index is 1080. The summed E-state index contributed by atoms with van der Waals surface area (Å²) >= 11 is 0. The number of aromatic nitrogens is 6. The van der Waals surface area contributed by atoms with Crippen LogP contribution >= 0.6 is 0 Å². The minimum atomic E-state index is -0.333. The SMILES string of the molecule is CCC(=O)On1nnc2ccccc21.CCC(=O)n1nnc2ccccc21. The first-order chi connectivity index (χ1) is 13.1. The van der Waals surface area contributed by atoms with Gasteiger partial charge < -0.3 is 4.84 Å². The molecule has 0 saturated carbocycles. The normalized spacial score (nSPS) is 10.4. The van der Waals surface area contributed by atoms with E-state index in [0.717, 1.165) is 15.9 Å². The molecule has 138 valence electrons. The molecule has 9 nitrogen and oxygen atoms in total. The molecule has 0 aliphatic rings. The van der Waals surface area contributed by atoms with Gasteiger partial charge in [0.15, 0.2) is 0 Å². The van der Waals surface area contributed by atoms with Crippen molar-refractivity contribution in [3.05, 3.63) is 48.5 Å². The van der Waals surface area contributed by atoms with Crippen molar-refractivity contribution >= 4 is 33.9 Å².